The number of fused-ring (bicyclic) bond motifs is 2. The number of benzene rings is 4. The van der Waals surface area contributed by atoms with Crippen LogP contribution in [-0.2, 0) is 6.42 Å². The largest absolute Gasteiger partial charge is 0.0795 e. The maximum Gasteiger partial charge on any atom is -0.00941 e. The molecule has 4 aromatic carbocycles. The highest BCUT2D eigenvalue weighted by Gasteiger charge is 2.04. The van der Waals surface area contributed by atoms with Gasteiger partial charge in [-0.1, -0.05) is 91.0 Å². The molecule has 4 rings (SSSR count). The molecule has 0 aliphatic heterocycles. The summed E-state index contributed by atoms with van der Waals surface area (Å²) in [6.07, 6.45) is 5.50. The lowest BCUT2D eigenvalue weighted by atomic mass is 9.96. The minimum Gasteiger partial charge on any atom is -0.0795 e. The Labute approximate surface area is 136 Å². The smallest absolute Gasteiger partial charge is 0.00941 e. The number of hydrogen-bond donors (Lipinski definition) is 0. The first-order valence-electron chi connectivity index (χ1n) is 8.03. The fraction of sp³-hybridized carbons (Fsp3) is 0.0435. The Balaban J connectivity index is 1.83. The zero-order valence-electron chi connectivity index (χ0n) is 12.9. The zero-order chi connectivity index (χ0) is 15.5. The molecule has 0 heterocycles. The maximum atomic E-state index is 2.28. The van der Waals surface area contributed by atoms with Gasteiger partial charge in [0.05, 0.1) is 0 Å². The van der Waals surface area contributed by atoms with Gasteiger partial charge in [-0.2, -0.15) is 0 Å². The van der Waals surface area contributed by atoms with Crippen molar-refractivity contribution in [1.29, 1.82) is 0 Å². The molecule has 23 heavy (non-hydrogen) atoms. The molecule has 0 heteroatoms. The van der Waals surface area contributed by atoms with Gasteiger partial charge in [-0.3, -0.25) is 0 Å². The van der Waals surface area contributed by atoms with Crippen LogP contribution < -0.4 is 0 Å². The summed E-state index contributed by atoms with van der Waals surface area (Å²) in [6, 6.07) is 30.1. The van der Waals surface area contributed by atoms with Crippen LogP contribution in [0.3, 0.4) is 0 Å². The van der Waals surface area contributed by atoms with Crippen molar-refractivity contribution < 1.29 is 0 Å². The molecule has 4 aromatic rings. The topological polar surface area (TPSA) is 0 Å². The number of hydrogen-bond acceptors (Lipinski definition) is 0. The van der Waals surface area contributed by atoms with E-state index in [2.05, 4.69) is 97.1 Å². The van der Waals surface area contributed by atoms with Gasteiger partial charge in [0.25, 0.3) is 0 Å². The van der Waals surface area contributed by atoms with E-state index in [0.717, 1.165) is 6.42 Å². The molecule has 0 bridgehead atoms. The third-order valence-electron chi connectivity index (χ3n) is 4.29. The quantitative estimate of drug-likeness (QED) is 0.392. The van der Waals surface area contributed by atoms with Crippen LogP contribution in [0.1, 0.15) is 11.1 Å². The van der Waals surface area contributed by atoms with Gasteiger partial charge in [0.1, 0.15) is 0 Å². The van der Waals surface area contributed by atoms with Crippen LogP contribution in [0.15, 0.2) is 91.0 Å². The maximum absolute atomic E-state index is 2.28. The second-order valence-electron chi connectivity index (χ2n) is 5.82. The summed E-state index contributed by atoms with van der Waals surface area (Å²) in [7, 11) is 0. The molecule has 0 atom stereocenters. The van der Waals surface area contributed by atoms with Gasteiger partial charge in [-0.25, -0.2) is 0 Å². The summed E-state index contributed by atoms with van der Waals surface area (Å²) in [5.74, 6) is 0. The summed E-state index contributed by atoms with van der Waals surface area (Å²) in [6.45, 7) is 0. The molecule has 0 radical (unpaired) electrons. The van der Waals surface area contributed by atoms with Crippen molar-refractivity contribution >= 4 is 27.6 Å². The van der Waals surface area contributed by atoms with E-state index in [1.807, 2.05) is 0 Å². The van der Waals surface area contributed by atoms with E-state index < -0.39 is 0 Å². The summed E-state index contributed by atoms with van der Waals surface area (Å²) in [5, 5.41) is 5.22. The Bertz CT molecular complexity index is 924. The first-order valence-corrected chi connectivity index (χ1v) is 8.03. The van der Waals surface area contributed by atoms with Crippen molar-refractivity contribution in [1.82, 2.24) is 0 Å². The lowest BCUT2D eigenvalue weighted by molar-refractivity contribution is 1.28. The summed E-state index contributed by atoms with van der Waals surface area (Å²) in [4.78, 5) is 0. The fourth-order valence-corrected chi connectivity index (χ4v) is 3.16. The first-order chi connectivity index (χ1) is 11.4. The van der Waals surface area contributed by atoms with E-state index in [-0.39, 0.29) is 0 Å². The summed E-state index contributed by atoms with van der Waals surface area (Å²) in [5.41, 5.74) is 2.66. The first kappa shape index (κ1) is 13.8. The average molecular weight is 294 g/mol. The minimum atomic E-state index is 0.957. The van der Waals surface area contributed by atoms with Crippen molar-refractivity contribution in [3.05, 3.63) is 102 Å². The van der Waals surface area contributed by atoms with Crippen molar-refractivity contribution in [3.8, 4) is 0 Å². The molecule has 0 aliphatic carbocycles. The molecule has 110 valence electrons. The summed E-state index contributed by atoms with van der Waals surface area (Å²) >= 11 is 0. The molecule has 0 unspecified atom stereocenters. The third kappa shape index (κ3) is 2.76. The van der Waals surface area contributed by atoms with E-state index in [0.29, 0.717) is 0 Å². The molecule has 0 saturated heterocycles. The van der Waals surface area contributed by atoms with Crippen LogP contribution >= 0.6 is 0 Å². The zero-order valence-corrected chi connectivity index (χ0v) is 12.9. The monoisotopic (exact) mass is 294 g/mol. The Morgan fingerprint density at radius 3 is 1.83 bits per heavy atom. The second kappa shape index (κ2) is 6.10. The number of rotatable bonds is 3. The van der Waals surface area contributed by atoms with Crippen molar-refractivity contribution in [2.75, 3.05) is 0 Å². The van der Waals surface area contributed by atoms with Gasteiger partial charge in [-0.05, 0) is 45.2 Å². The van der Waals surface area contributed by atoms with E-state index >= 15 is 0 Å². The van der Waals surface area contributed by atoms with Gasteiger partial charge >= 0.3 is 0 Å². The minimum absolute atomic E-state index is 0.957. The highest BCUT2D eigenvalue weighted by molar-refractivity contribution is 6.06. The Morgan fingerprint density at radius 1 is 0.609 bits per heavy atom. The highest BCUT2D eigenvalue weighted by Crippen LogP contribution is 2.29. The molecule has 0 N–H and O–H groups in total. The van der Waals surface area contributed by atoms with Gasteiger partial charge in [0.15, 0.2) is 0 Å². The van der Waals surface area contributed by atoms with Crippen LogP contribution in [0.2, 0.25) is 0 Å². The predicted octanol–water partition coefficient (Wildman–Crippen LogP) is 6.25. The van der Waals surface area contributed by atoms with Gasteiger partial charge in [0.2, 0.25) is 0 Å². The second-order valence-corrected chi connectivity index (χ2v) is 5.82. The Morgan fingerprint density at radius 2 is 1.17 bits per heavy atom. The number of allylic oxidation sites excluding steroid dienone is 1. The standard InChI is InChI=1S/C23H18/c1-2-9-18(10-3-1)11-8-16-23-21-14-6-4-12-19(21)17-20-13-5-7-15-22(20)23/h1-10,12-17H,11H2/b16-8+. The Kier molecular flexibility index (Phi) is 3.65. The molecule has 0 amide bonds. The van der Waals surface area contributed by atoms with Gasteiger partial charge < -0.3 is 0 Å². The van der Waals surface area contributed by atoms with Crippen LogP contribution in [0.4, 0.5) is 0 Å². The van der Waals surface area contributed by atoms with Crippen LogP contribution in [-0.4, -0.2) is 0 Å². The molecule has 0 aromatic heterocycles. The van der Waals surface area contributed by atoms with E-state index in [4.69, 9.17) is 0 Å². The van der Waals surface area contributed by atoms with Crippen LogP contribution in [0.5, 0.6) is 0 Å². The van der Waals surface area contributed by atoms with Crippen LogP contribution in [0, 0.1) is 0 Å². The van der Waals surface area contributed by atoms with E-state index in [1.165, 1.54) is 32.7 Å². The molecule has 0 nitrogen and oxygen atoms in total. The van der Waals surface area contributed by atoms with E-state index in [9.17, 15) is 0 Å². The normalized spacial score (nSPS) is 11.5. The fourth-order valence-electron chi connectivity index (χ4n) is 3.16. The van der Waals surface area contributed by atoms with Crippen molar-refractivity contribution in [3.63, 3.8) is 0 Å². The molecule has 0 fully saturated rings. The molecule has 0 aliphatic rings. The third-order valence-corrected chi connectivity index (χ3v) is 4.29. The SMILES string of the molecule is C(=C\c1c2ccccc2cc2ccccc12)/Cc1ccccc1. The lowest BCUT2D eigenvalue weighted by Crippen LogP contribution is -1.84. The average Bonchev–Trinajstić information content (AvgIpc) is 2.62. The van der Waals surface area contributed by atoms with Crippen LogP contribution in [0.25, 0.3) is 27.6 Å². The molecule has 0 saturated carbocycles. The molecular formula is C23H18. The molecule has 0 spiro atoms. The van der Waals surface area contributed by atoms with Gasteiger partial charge in [0, 0.05) is 0 Å². The van der Waals surface area contributed by atoms with Gasteiger partial charge in [-0.15, -0.1) is 0 Å². The van der Waals surface area contributed by atoms with E-state index in [1.54, 1.807) is 0 Å². The predicted molar refractivity (Wildman–Crippen MR) is 101 cm³/mol. The Hall–Kier alpha value is -2.86. The van der Waals surface area contributed by atoms with Crippen molar-refractivity contribution in [2.45, 2.75) is 6.42 Å². The summed E-state index contributed by atoms with van der Waals surface area (Å²) < 4.78 is 0. The lowest BCUT2D eigenvalue weighted by Gasteiger charge is -2.08. The highest BCUT2D eigenvalue weighted by atomic mass is 14.1. The van der Waals surface area contributed by atoms with Crippen molar-refractivity contribution in [2.24, 2.45) is 0 Å². The molecular weight excluding hydrogens is 276 g/mol.